The van der Waals surface area contributed by atoms with E-state index in [9.17, 15) is 4.79 Å². The lowest BCUT2D eigenvalue weighted by molar-refractivity contribution is -0.114. The second-order valence-corrected chi connectivity index (χ2v) is 5.93. The molecule has 88 valence electrons. The Morgan fingerprint density at radius 3 is 2.59 bits per heavy atom. The number of allylic oxidation sites excluding steroid dienone is 2. The number of rotatable bonds is 1. The van der Waals surface area contributed by atoms with Crippen LogP contribution in [-0.2, 0) is 4.79 Å². The molecule has 0 saturated heterocycles. The van der Waals surface area contributed by atoms with Gasteiger partial charge in [0.2, 0.25) is 0 Å². The molecule has 2 aliphatic carbocycles. The summed E-state index contributed by atoms with van der Waals surface area (Å²) in [6, 6.07) is 10.2. The zero-order valence-corrected chi connectivity index (χ0v) is 10.5. The number of Topliss-reactive ketones (excluding diaryl/α,β-unsaturated/α-hetero) is 1. The summed E-state index contributed by atoms with van der Waals surface area (Å²) in [7, 11) is 0. The van der Waals surface area contributed by atoms with Crippen molar-refractivity contribution in [1.29, 1.82) is 0 Å². The third-order valence-electron chi connectivity index (χ3n) is 4.45. The van der Waals surface area contributed by atoms with E-state index in [4.69, 9.17) is 0 Å². The predicted molar refractivity (Wildman–Crippen MR) is 69.5 cm³/mol. The molecule has 3 rings (SSSR count). The maximum Gasteiger partial charge on any atom is 0.164 e. The van der Waals surface area contributed by atoms with Crippen LogP contribution in [0.5, 0.6) is 0 Å². The molecule has 0 unspecified atom stereocenters. The average Bonchev–Trinajstić information content (AvgIpc) is 2.78. The van der Waals surface area contributed by atoms with Crippen LogP contribution >= 0.6 is 0 Å². The number of carbonyl (C=O) groups is 1. The van der Waals surface area contributed by atoms with Gasteiger partial charge in [-0.3, -0.25) is 4.79 Å². The molecule has 1 aromatic carbocycles. The highest BCUT2D eigenvalue weighted by molar-refractivity contribution is 6.24. The van der Waals surface area contributed by atoms with Crippen LogP contribution in [0.15, 0.2) is 35.9 Å². The molecule has 0 aliphatic heterocycles. The zero-order chi connectivity index (χ0) is 12.0. The first-order valence-electron chi connectivity index (χ1n) is 6.41. The fourth-order valence-electron chi connectivity index (χ4n) is 3.39. The van der Waals surface area contributed by atoms with Crippen molar-refractivity contribution in [2.45, 2.75) is 33.1 Å². The van der Waals surface area contributed by atoms with Crippen molar-refractivity contribution in [1.82, 2.24) is 0 Å². The summed E-state index contributed by atoms with van der Waals surface area (Å²) < 4.78 is 0. The maximum absolute atomic E-state index is 12.2. The fraction of sp³-hybridized carbons (Fsp3) is 0.438. The number of benzene rings is 1. The molecule has 0 spiro atoms. The first kappa shape index (κ1) is 10.8. The molecule has 1 aromatic rings. The topological polar surface area (TPSA) is 17.1 Å². The van der Waals surface area contributed by atoms with E-state index in [2.05, 4.69) is 26.0 Å². The first-order chi connectivity index (χ1) is 8.09. The number of fused-ring (bicyclic) bond motifs is 1. The van der Waals surface area contributed by atoms with E-state index in [0.29, 0.717) is 17.1 Å². The Morgan fingerprint density at radius 2 is 1.88 bits per heavy atom. The second kappa shape index (κ2) is 3.56. The summed E-state index contributed by atoms with van der Waals surface area (Å²) in [4.78, 5) is 12.2. The third kappa shape index (κ3) is 1.56. The summed E-state index contributed by atoms with van der Waals surface area (Å²) in [6.45, 7) is 4.60. The molecule has 2 aliphatic rings. The molecule has 1 atom stereocenters. The molecular formula is C16H18O. The Morgan fingerprint density at radius 1 is 1.18 bits per heavy atom. The standard InChI is InChI=1S/C16H18O/c1-16(2)9-8-12-13(16)10-14(17)15(12)11-6-4-3-5-7-11/h3-7,13H,8-10H2,1-2H3/t13-/m0/s1. The van der Waals surface area contributed by atoms with Gasteiger partial charge in [0.15, 0.2) is 5.78 Å². The minimum atomic E-state index is 0.307. The van der Waals surface area contributed by atoms with Gasteiger partial charge >= 0.3 is 0 Å². The van der Waals surface area contributed by atoms with Crippen molar-refractivity contribution < 1.29 is 4.79 Å². The quantitative estimate of drug-likeness (QED) is 0.711. The number of hydrogen-bond acceptors (Lipinski definition) is 1. The Labute approximate surface area is 103 Å². The molecule has 0 amide bonds. The minimum absolute atomic E-state index is 0.307. The summed E-state index contributed by atoms with van der Waals surface area (Å²) in [6.07, 6.45) is 3.05. The van der Waals surface area contributed by atoms with E-state index in [0.717, 1.165) is 24.0 Å². The van der Waals surface area contributed by atoms with Crippen LogP contribution in [0.4, 0.5) is 0 Å². The van der Waals surface area contributed by atoms with Crippen molar-refractivity contribution in [3.8, 4) is 0 Å². The molecule has 1 heteroatoms. The van der Waals surface area contributed by atoms with Gasteiger partial charge in [-0.05, 0) is 29.7 Å². The van der Waals surface area contributed by atoms with Crippen LogP contribution in [0.2, 0.25) is 0 Å². The molecule has 1 fully saturated rings. The van der Waals surface area contributed by atoms with E-state index >= 15 is 0 Å². The van der Waals surface area contributed by atoms with Crippen LogP contribution < -0.4 is 0 Å². The fourth-order valence-corrected chi connectivity index (χ4v) is 3.39. The van der Waals surface area contributed by atoms with Gasteiger partial charge < -0.3 is 0 Å². The number of ketones is 1. The van der Waals surface area contributed by atoms with E-state index in [1.54, 1.807) is 0 Å². The highest BCUT2D eigenvalue weighted by atomic mass is 16.1. The molecule has 1 nitrogen and oxygen atoms in total. The Hall–Kier alpha value is -1.37. The maximum atomic E-state index is 12.2. The van der Waals surface area contributed by atoms with Crippen LogP contribution in [-0.4, -0.2) is 5.78 Å². The number of carbonyl (C=O) groups excluding carboxylic acids is 1. The molecule has 0 aromatic heterocycles. The van der Waals surface area contributed by atoms with Crippen molar-refractivity contribution in [3.05, 3.63) is 41.5 Å². The lowest BCUT2D eigenvalue weighted by atomic mass is 9.80. The lowest BCUT2D eigenvalue weighted by Crippen LogP contribution is -2.17. The van der Waals surface area contributed by atoms with Crippen molar-refractivity contribution in [3.63, 3.8) is 0 Å². The van der Waals surface area contributed by atoms with Crippen LogP contribution in [0.1, 0.15) is 38.7 Å². The van der Waals surface area contributed by atoms with Gasteiger partial charge in [0.25, 0.3) is 0 Å². The molecule has 0 bridgehead atoms. The molecule has 0 radical (unpaired) electrons. The van der Waals surface area contributed by atoms with Gasteiger partial charge in [-0.15, -0.1) is 0 Å². The van der Waals surface area contributed by atoms with E-state index in [-0.39, 0.29) is 0 Å². The van der Waals surface area contributed by atoms with E-state index < -0.39 is 0 Å². The largest absolute Gasteiger partial charge is 0.294 e. The first-order valence-corrected chi connectivity index (χ1v) is 6.41. The van der Waals surface area contributed by atoms with Crippen molar-refractivity contribution in [2.24, 2.45) is 11.3 Å². The Balaban J connectivity index is 2.11. The second-order valence-electron chi connectivity index (χ2n) is 5.93. The summed E-state index contributed by atoms with van der Waals surface area (Å²) in [5, 5.41) is 0. The zero-order valence-electron chi connectivity index (χ0n) is 10.5. The van der Waals surface area contributed by atoms with Gasteiger partial charge in [0.1, 0.15) is 0 Å². The summed E-state index contributed by atoms with van der Waals surface area (Å²) in [5.41, 5.74) is 3.88. The monoisotopic (exact) mass is 226 g/mol. The highest BCUT2D eigenvalue weighted by Gasteiger charge is 2.45. The lowest BCUT2D eigenvalue weighted by Gasteiger charge is -2.23. The van der Waals surface area contributed by atoms with Crippen LogP contribution in [0.25, 0.3) is 5.57 Å². The molecule has 0 N–H and O–H groups in total. The molecule has 1 saturated carbocycles. The predicted octanol–water partition coefficient (Wildman–Crippen LogP) is 3.85. The summed E-state index contributed by atoms with van der Waals surface area (Å²) >= 11 is 0. The van der Waals surface area contributed by atoms with Crippen molar-refractivity contribution in [2.75, 3.05) is 0 Å². The van der Waals surface area contributed by atoms with E-state index in [1.165, 1.54) is 12.0 Å². The van der Waals surface area contributed by atoms with Gasteiger partial charge in [0, 0.05) is 12.0 Å². The third-order valence-corrected chi connectivity index (χ3v) is 4.45. The molecular weight excluding hydrogens is 208 g/mol. The number of hydrogen-bond donors (Lipinski definition) is 0. The van der Waals surface area contributed by atoms with E-state index in [1.807, 2.05) is 18.2 Å². The Kier molecular flexibility index (Phi) is 2.25. The average molecular weight is 226 g/mol. The minimum Gasteiger partial charge on any atom is -0.294 e. The van der Waals surface area contributed by atoms with Gasteiger partial charge in [-0.1, -0.05) is 49.8 Å². The van der Waals surface area contributed by atoms with Gasteiger partial charge in [0.05, 0.1) is 0 Å². The molecule has 0 heterocycles. The smallest absolute Gasteiger partial charge is 0.164 e. The SMILES string of the molecule is CC1(C)CCC2=C(c3ccccc3)C(=O)C[C@@H]21. The highest BCUT2D eigenvalue weighted by Crippen LogP contribution is 2.54. The Bertz CT molecular complexity index is 494. The van der Waals surface area contributed by atoms with Crippen molar-refractivity contribution >= 4 is 11.4 Å². The van der Waals surface area contributed by atoms with Crippen LogP contribution in [0.3, 0.4) is 0 Å². The van der Waals surface area contributed by atoms with Gasteiger partial charge in [-0.2, -0.15) is 0 Å². The normalized spacial score (nSPS) is 26.5. The van der Waals surface area contributed by atoms with Gasteiger partial charge in [-0.25, -0.2) is 0 Å². The molecule has 17 heavy (non-hydrogen) atoms. The summed E-state index contributed by atoms with van der Waals surface area (Å²) in [5.74, 6) is 0.842. The van der Waals surface area contributed by atoms with Crippen LogP contribution in [0, 0.1) is 11.3 Å².